The summed E-state index contributed by atoms with van der Waals surface area (Å²) in [5.74, 6) is 0.185. The average molecular weight is 368 g/mol. The van der Waals surface area contributed by atoms with Gasteiger partial charge >= 0.3 is 0 Å². The van der Waals surface area contributed by atoms with E-state index in [4.69, 9.17) is 16.3 Å². The zero-order chi connectivity index (χ0) is 19.0. The van der Waals surface area contributed by atoms with Gasteiger partial charge in [-0.25, -0.2) is 0 Å². The number of halogens is 1. The van der Waals surface area contributed by atoms with Crippen LogP contribution in [0.1, 0.15) is 20.3 Å². The molecule has 0 radical (unpaired) electrons. The van der Waals surface area contributed by atoms with Crippen molar-refractivity contribution in [2.75, 3.05) is 27.2 Å². The number of likely N-dealkylation sites (N-methyl/N-ethyl adjacent to an activating group) is 1. The van der Waals surface area contributed by atoms with Crippen molar-refractivity contribution in [3.8, 4) is 5.75 Å². The van der Waals surface area contributed by atoms with Crippen LogP contribution in [-0.4, -0.2) is 49.5 Å². The van der Waals surface area contributed by atoms with Crippen LogP contribution in [0.3, 0.4) is 0 Å². The van der Waals surface area contributed by atoms with Crippen LogP contribution in [0.5, 0.6) is 5.75 Å². The maximum Gasteiger partial charge on any atom is 0.257 e. The minimum atomic E-state index is -0.640. The fourth-order valence-electron chi connectivity index (χ4n) is 1.66. The van der Waals surface area contributed by atoms with Crippen molar-refractivity contribution in [1.29, 1.82) is 0 Å². The first-order chi connectivity index (χ1) is 11.6. The first-order valence-electron chi connectivity index (χ1n) is 7.94. The molecule has 0 heterocycles. The molecule has 1 aromatic rings. The summed E-state index contributed by atoms with van der Waals surface area (Å²) in [5, 5.41) is 6.09. The van der Waals surface area contributed by atoms with Crippen LogP contribution in [0.2, 0.25) is 5.02 Å². The average Bonchev–Trinajstić information content (AvgIpc) is 2.54. The van der Waals surface area contributed by atoms with Gasteiger partial charge in [0.15, 0.2) is 6.61 Å². The third-order valence-electron chi connectivity index (χ3n) is 3.90. The van der Waals surface area contributed by atoms with Gasteiger partial charge in [0.05, 0.1) is 5.54 Å². The van der Waals surface area contributed by atoms with Crippen LogP contribution in [0.25, 0.3) is 0 Å². The van der Waals surface area contributed by atoms with Gasteiger partial charge < -0.3 is 15.4 Å². The van der Waals surface area contributed by atoms with Crippen LogP contribution in [-0.2, 0) is 9.59 Å². The van der Waals surface area contributed by atoms with Gasteiger partial charge in [0.25, 0.3) is 5.91 Å². The largest absolute Gasteiger partial charge is 0.484 e. The molecule has 7 heteroatoms. The van der Waals surface area contributed by atoms with Gasteiger partial charge in [0, 0.05) is 23.7 Å². The van der Waals surface area contributed by atoms with E-state index in [1.807, 2.05) is 32.8 Å². The SMILES string of the molecule is C=C(CCNC(=O)COc1ccc(Cl)cc1)NC(=O)C(C)(C)N(C)C. The molecule has 0 fully saturated rings. The van der Waals surface area contributed by atoms with E-state index in [2.05, 4.69) is 17.2 Å². The summed E-state index contributed by atoms with van der Waals surface area (Å²) in [7, 11) is 3.67. The van der Waals surface area contributed by atoms with E-state index in [0.29, 0.717) is 29.4 Å². The number of nitrogens with one attached hydrogen (secondary N) is 2. The lowest BCUT2D eigenvalue weighted by atomic mass is 10.0. The Bertz CT molecular complexity index is 612. The van der Waals surface area contributed by atoms with Gasteiger partial charge in [-0.05, 0) is 52.2 Å². The van der Waals surface area contributed by atoms with E-state index in [9.17, 15) is 9.59 Å². The Labute approximate surface area is 154 Å². The molecule has 0 bridgehead atoms. The third kappa shape index (κ3) is 7.15. The monoisotopic (exact) mass is 367 g/mol. The molecule has 138 valence electrons. The van der Waals surface area contributed by atoms with E-state index in [1.165, 1.54) is 0 Å². The lowest BCUT2D eigenvalue weighted by Gasteiger charge is -2.31. The van der Waals surface area contributed by atoms with Crippen LogP contribution >= 0.6 is 11.6 Å². The molecule has 25 heavy (non-hydrogen) atoms. The highest BCUT2D eigenvalue weighted by Crippen LogP contribution is 2.15. The van der Waals surface area contributed by atoms with Gasteiger partial charge in [-0.1, -0.05) is 18.2 Å². The minimum absolute atomic E-state index is 0.0892. The summed E-state index contributed by atoms with van der Waals surface area (Å²) in [6.45, 7) is 7.75. The summed E-state index contributed by atoms with van der Waals surface area (Å²) >= 11 is 5.78. The van der Waals surface area contributed by atoms with Gasteiger partial charge in [0.2, 0.25) is 5.91 Å². The van der Waals surface area contributed by atoms with Crippen LogP contribution in [0.4, 0.5) is 0 Å². The Morgan fingerprint density at radius 1 is 1.24 bits per heavy atom. The lowest BCUT2D eigenvalue weighted by Crippen LogP contribution is -2.51. The third-order valence-corrected chi connectivity index (χ3v) is 4.15. The second kappa shape index (κ2) is 9.44. The van der Waals surface area contributed by atoms with Gasteiger partial charge in [-0.15, -0.1) is 0 Å². The summed E-state index contributed by atoms with van der Waals surface area (Å²) in [6.07, 6.45) is 0.446. The second-order valence-electron chi connectivity index (χ2n) is 6.35. The Morgan fingerprint density at radius 3 is 2.40 bits per heavy atom. The highest BCUT2D eigenvalue weighted by atomic mass is 35.5. The van der Waals surface area contributed by atoms with E-state index >= 15 is 0 Å². The molecule has 0 unspecified atom stereocenters. The van der Waals surface area contributed by atoms with Crippen molar-refractivity contribution in [3.05, 3.63) is 41.6 Å². The molecule has 1 aromatic carbocycles. The topological polar surface area (TPSA) is 70.7 Å². The smallest absolute Gasteiger partial charge is 0.257 e. The molecule has 0 aliphatic heterocycles. The Hall–Kier alpha value is -2.05. The van der Waals surface area contributed by atoms with Crippen molar-refractivity contribution in [2.45, 2.75) is 25.8 Å². The summed E-state index contributed by atoms with van der Waals surface area (Å²) < 4.78 is 5.35. The first-order valence-corrected chi connectivity index (χ1v) is 8.32. The second-order valence-corrected chi connectivity index (χ2v) is 6.79. The zero-order valence-corrected chi connectivity index (χ0v) is 15.9. The lowest BCUT2D eigenvalue weighted by molar-refractivity contribution is -0.129. The van der Waals surface area contributed by atoms with Crippen molar-refractivity contribution in [1.82, 2.24) is 15.5 Å². The first kappa shape index (κ1) is 21.0. The Morgan fingerprint density at radius 2 is 1.84 bits per heavy atom. The van der Waals surface area contributed by atoms with Crippen LogP contribution in [0.15, 0.2) is 36.5 Å². The van der Waals surface area contributed by atoms with Crippen molar-refractivity contribution < 1.29 is 14.3 Å². The number of carbonyl (C=O) groups excluding carboxylic acids is 2. The summed E-state index contributed by atoms with van der Waals surface area (Å²) in [5.41, 5.74) is -0.0858. The number of hydrogen-bond acceptors (Lipinski definition) is 4. The maximum absolute atomic E-state index is 12.2. The molecule has 2 amide bonds. The molecule has 1 rings (SSSR count). The van der Waals surface area contributed by atoms with Crippen LogP contribution < -0.4 is 15.4 Å². The van der Waals surface area contributed by atoms with E-state index in [-0.39, 0.29) is 18.4 Å². The standard InChI is InChI=1S/C18H26ClN3O3/c1-13(21-17(24)18(2,3)22(4)5)10-11-20-16(23)12-25-15-8-6-14(19)7-9-15/h6-9H,1,10-12H2,2-5H3,(H,20,23)(H,21,24). The fraction of sp³-hybridized carbons (Fsp3) is 0.444. The number of hydrogen-bond donors (Lipinski definition) is 2. The number of rotatable bonds is 9. The normalized spacial score (nSPS) is 11.1. The number of benzene rings is 1. The molecule has 0 aliphatic rings. The quantitative estimate of drug-likeness (QED) is 0.702. The van der Waals surface area contributed by atoms with E-state index in [1.54, 1.807) is 24.3 Å². The molecular formula is C18H26ClN3O3. The van der Waals surface area contributed by atoms with Gasteiger partial charge in [-0.3, -0.25) is 14.5 Å². The highest BCUT2D eigenvalue weighted by molar-refractivity contribution is 6.30. The van der Waals surface area contributed by atoms with Crippen molar-refractivity contribution in [2.24, 2.45) is 0 Å². The van der Waals surface area contributed by atoms with Crippen molar-refractivity contribution in [3.63, 3.8) is 0 Å². The maximum atomic E-state index is 12.2. The number of amides is 2. The molecule has 0 saturated heterocycles. The van der Waals surface area contributed by atoms with Gasteiger partial charge in [-0.2, -0.15) is 0 Å². The number of nitrogens with zero attached hydrogens (tertiary/aromatic N) is 1. The zero-order valence-electron chi connectivity index (χ0n) is 15.2. The molecule has 0 atom stereocenters. The fourth-order valence-corrected chi connectivity index (χ4v) is 1.79. The summed E-state index contributed by atoms with van der Waals surface area (Å²) in [4.78, 5) is 25.7. The van der Waals surface area contributed by atoms with Crippen molar-refractivity contribution >= 4 is 23.4 Å². The Kier molecular flexibility index (Phi) is 7.93. The Balaban J connectivity index is 2.27. The minimum Gasteiger partial charge on any atom is -0.484 e. The summed E-state index contributed by atoms with van der Waals surface area (Å²) in [6, 6.07) is 6.77. The van der Waals surface area contributed by atoms with E-state index in [0.717, 1.165) is 0 Å². The highest BCUT2D eigenvalue weighted by Gasteiger charge is 2.29. The molecule has 6 nitrogen and oxygen atoms in total. The molecular weight excluding hydrogens is 342 g/mol. The molecule has 0 aromatic heterocycles. The van der Waals surface area contributed by atoms with Crippen LogP contribution in [0, 0.1) is 0 Å². The molecule has 0 aliphatic carbocycles. The molecule has 2 N–H and O–H groups in total. The molecule has 0 saturated carbocycles. The molecule has 0 spiro atoms. The van der Waals surface area contributed by atoms with Gasteiger partial charge in [0.1, 0.15) is 5.75 Å². The van der Waals surface area contributed by atoms with E-state index < -0.39 is 5.54 Å². The predicted octanol–water partition coefficient (Wildman–Crippen LogP) is 2.20. The number of ether oxygens (including phenoxy) is 1. The predicted molar refractivity (Wildman–Crippen MR) is 99.6 cm³/mol. The number of carbonyl (C=O) groups is 2.